The molecule has 0 aromatic heterocycles. The van der Waals surface area contributed by atoms with Crippen molar-refractivity contribution in [2.45, 2.75) is 0 Å². The highest BCUT2D eigenvalue weighted by Crippen LogP contribution is 2.57. The van der Waals surface area contributed by atoms with Crippen LogP contribution in [0, 0.1) is 0 Å². The number of rotatable bonds is 7. The van der Waals surface area contributed by atoms with Crippen molar-refractivity contribution in [1.29, 1.82) is 0 Å². The van der Waals surface area contributed by atoms with Crippen LogP contribution in [0.1, 0.15) is 0 Å². The number of para-hydroxylation sites is 11. The van der Waals surface area contributed by atoms with Crippen LogP contribution in [0.5, 0.6) is 34.5 Å². The van der Waals surface area contributed by atoms with Gasteiger partial charge in [-0.05, 0) is 148 Å². The third-order valence-corrected chi connectivity index (χ3v) is 17.1. The lowest BCUT2D eigenvalue weighted by Crippen LogP contribution is -2.64. The van der Waals surface area contributed by atoms with E-state index in [1.807, 2.05) is 6.07 Å². The molecule has 0 aliphatic carbocycles. The van der Waals surface area contributed by atoms with Gasteiger partial charge in [-0.15, -0.1) is 0 Å². The molecule has 0 saturated carbocycles. The molecule has 6 heterocycles. The van der Waals surface area contributed by atoms with Gasteiger partial charge in [0, 0.05) is 63.3 Å². The van der Waals surface area contributed by atoms with Gasteiger partial charge in [-0.3, -0.25) is 0 Å². The first-order chi connectivity index (χ1) is 40.7. The molecule has 12 aromatic carbocycles. The number of anilines is 15. The predicted octanol–water partition coefficient (Wildman–Crippen LogP) is 15.3. The highest BCUT2D eigenvalue weighted by molar-refractivity contribution is 7.02. The standard InChI is InChI=1S/C72H45B2N5O3/c1-6-22-46(23-7-1)75(47-24-8-2-9-25-47)51-40-60-69-61(41-51)78-57-34-16-18-36-63(57)80-65-38-20-32-53(71(65)78)73(69)55-44-56-67(45-59(55)77(60)50-30-14-5-15-31-50)82-68-43-52(76(48-26-10-3-11-27-48)49-28-12-4-13-29-49)42-62-70(68)74(56)54-33-21-39-66-72(54)79(62)58-35-17-19-37-64(58)81-66/h1-45H. The van der Waals surface area contributed by atoms with E-state index < -0.39 is 0 Å². The van der Waals surface area contributed by atoms with Gasteiger partial charge in [0.1, 0.15) is 11.5 Å². The van der Waals surface area contributed by atoms with E-state index in [2.05, 4.69) is 291 Å². The highest BCUT2D eigenvalue weighted by atomic mass is 16.5. The van der Waals surface area contributed by atoms with Crippen LogP contribution >= 0.6 is 0 Å². The molecule has 10 heteroatoms. The molecule has 82 heavy (non-hydrogen) atoms. The van der Waals surface area contributed by atoms with Crippen molar-refractivity contribution in [3.63, 3.8) is 0 Å². The molecule has 6 aliphatic rings. The van der Waals surface area contributed by atoms with Crippen molar-refractivity contribution in [1.82, 2.24) is 0 Å². The minimum absolute atomic E-state index is 0.213. The molecule has 0 N–H and O–H groups in total. The van der Waals surface area contributed by atoms with Crippen LogP contribution in [0.25, 0.3) is 0 Å². The quantitative estimate of drug-likeness (QED) is 0.146. The Morgan fingerprint density at radius 1 is 0.244 bits per heavy atom. The Balaban J connectivity index is 0.928. The molecular formula is C72H45B2N5O3. The molecule has 12 aromatic rings. The maximum absolute atomic E-state index is 7.68. The van der Waals surface area contributed by atoms with Gasteiger partial charge in [0.2, 0.25) is 0 Å². The molecular weight excluding hydrogens is 1000 g/mol. The summed E-state index contributed by atoms with van der Waals surface area (Å²) in [4.78, 5) is 12.1. The Morgan fingerprint density at radius 2 is 0.646 bits per heavy atom. The lowest BCUT2D eigenvalue weighted by molar-refractivity contribution is 0.476. The first kappa shape index (κ1) is 45.1. The van der Waals surface area contributed by atoms with Crippen LogP contribution in [0.15, 0.2) is 273 Å². The summed E-state index contributed by atoms with van der Waals surface area (Å²) < 4.78 is 21.5. The minimum atomic E-state index is -0.228. The average Bonchev–Trinajstić information content (AvgIpc) is 2.72. The third-order valence-electron chi connectivity index (χ3n) is 17.1. The average molecular weight is 1050 g/mol. The lowest BCUT2D eigenvalue weighted by atomic mass is 9.30. The lowest BCUT2D eigenvalue weighted by Gasteiger charge is -2.47. The van der Waals surface area contributed by atoms with Crippen molar-refractivity contribution in [3.05, 3.63) is 273 Å². The molecule has 0 bridgehead atoms. The van der Waals surface area contributed by atoms with E-state index in [1.54, 1.807) is 0 Å². The first-order valence-corrected chi connectivity index (χ1v) is 28.0. The molecule has 0 radical (unpaired) electrons. The van der Waals surface area contributed by atoms with Crippen molar-refractivity contribution >= 4 is 132 Å². The van der Waals surface area contributed by atoms with E-state index in [0.29, 0.717) is 0 Å². The smallest absolute Gasteiger partial charge is 0.256 e. The van der Waals surface area contributed by atoms with Gasteiger partial charge in [-0.25, -0.2) is 0 Å². The Bertz CT molecular complexity index is 4530. The Kier molecular flexibility index (Phi) is 9.53. The van der Waals surface area contributed by atoms with Crippen LogP contribution in [-0.2, 0) is 0 Å². The summed E-state index contributed by atoms with van der Waals surface area (Å²) in [6.07, 6.45) is 0. The van der Waals surface area contributed by atoms with E-state index in [1.165, 1.54) is 16.4 Å². The number of benzene rings is 12. The van der Waals surface area contributed by atoms with Crippen molar-refractivity contribution in [2.24, 2.45) is 0 Å². The minimum Gasteiger partial charge on any atom is -0.458 e. The maximum Gasteiger partial charge on any atom is 0.256 e. The second kappa shape index (κ2) is 17.3. The topological polar surface area (TPSA) is 43.9 Å². The van der Waals surface area contributed by atoms with E-state index in [9.17, 15) is 0 Å². The van der Waals surface area contributed by atoms with Gasteiger partial charge < -0.3 is 38.7 Å². The Morgan fingerprint density at radius 3 is 1.16 bits per heavy atom. The van der Waals surface area contributed by atoms with Crippen molar-refractivity contribution in [3.8, 4) is 34.5 Å². The fraction of sp³-hybridized carbons (Fsp3) is 0. The first-order valence-electron chi connectivity index (χ1n) is 28.0. The number of hydrogen-bond acceptors (Lipinski definition) is 8. The Hall–Kier alpha value is -10.8. The maximum atomic E-state index is 7.68. The normalized spacial score (nSPS) is 13.5. The fourth-order valence-electron chi connectivity index (χ4n) is 13.9. The van der Waals surface area contributed by atoms with Crippen LogP contribution < -0.4 is 71.5 Å². The van der Waals surface area contributed by atoms with Crippen LogP contribution in [-0.4, -0.2) is 13.4 Å². The van der Waals surface area contributed by atoms with Gasteiger partial charge >= 0.3 is 0 Å². The molecule has 0 atom stereocenters. The van der Waals surface area contributed by atoms with Crippen molar-refractivity contribution in [2.75, 3.05) is 24.5 Å². The molecule has 382 valence electrons. The van der Waals surface area contributed by atoms with Gasteiger partial charge in [0.15, 0.2) is 23.0 Å². The highest BCUT2D eigenvalue weighted by Gasteiger charge is 2.50. The van der Waals surface area contributed by atoms with E-state index in [-0.39, 0.29) is 13.4 Å². The van der Waals surface area contributed by atoms with Gasteiger partial charge in [0.25, 0.3) is 13.4 Å². The SMILES string of the molecule is c1ccc(N(c2ccccc2)c2cc3c4c(c2)N2c5ccccc5Oc5cccc(c52)B4c2cc4c(cc2O3)N(c2ccccc2)c2cc(N(c3ccccc3)c3ccccc3)cc3c2B4c2cccc4c2N3c2ccccc2O4)cc1. The number of fused-ring (bicyclic) bond motifs is 12. The van der Waals surface area contributed by atoms with E-state index >= 15 is 0 Å². The second-order valence-corrected chi connectivity index (χ2v) is 21.6. The number of hydrogen-bond donors (Lipinski definition) is 0. The van der Waals surface area contributed by atoms with E-state index in [0.717, 1.165) is 136 Å². The van der Waals surface area contributed by atoms with Crippen LogP contribution in [0.2, 0.25) is 0 Å². The molecule has 0 saturated heterocycles. The fourth-order valence-corrected chi connectivity index (χ4v) is 13.9. The van der Waals surface area contributed by atoms with Crippen LogP contribution in [0.3, 0.4) is 0 Å². The number of nitrogens with zero attached hydrogens (tertiary/aromatic N) is 5. The molecule has 0 fully saturated rings. The summed E-state index contributed by atoms with van der Waals surface area (Å²) >= 11 is 0. The van der Waals surface area contributed by atoms with Gasteiger partial charge in [0.05, 0.1) is 34.1 Å². The van der Waals surface area contributed by atoms with Gasteiger partial charge in [-0.1, -0.05) is 146 Å². The predicted molar refractivity (Wildman–Crippen MR) is 336 cm³/mol. The largest absolute Gasteiger partial charge is 0.458 e. The zero-order valence-corrected chi connectivity index (χ0v) is 44.1. The van der Waals surface area contributed by atoms with Crippen LogP contribution in [0.4, 0.5) is 85.3 Å². The monoisotopic (exact) mass is 1050 g/mol. The molecule has 18 rings (SSSR count). The Labute approximate surface area is 475 Å². The molecule has 6 aliphatic heterocycles. The molecule has 8 nitrogen and oxygen atoms in total. The summed E-state index contributed by atoms with van der Waals surface area (Å²) in [6, 6.07) is 97.7. The summed E-state index contributed by atoms with van der Waals surface area (Å²) in [5, 5.41) is 0. The summed E-state index contributed by atoms with van der Waals surface area (Å²) in [7, 11) is 0. The summed E-state index contributed by atoms with van der Waals surface area (Å²) in [6.45, 7) is -0.441. The summed E-state index contributed by atoms with van der Waals surface area (Å²) in [5.41, 5.74) is 22.5. The molecule has 0 unspecified atom stereocenters. The second-order valence-electron chi connectivity index (χ2n) is 21.6. The zero-order chi connectivity index (χ0) is 53.6. The zero-order valence-electron chi connectivity index (χ0n) is 44.1. The summed E-state index contributed by atoms with van der Waals surface area (Å²) in [5.74, 6) is 4.86. The molecule has 0 spiro atoms. The van der Waals surface area contributed by atoms with Gasteiger partial charge in [-0.2, -0.15) is 0 Å². The van der Waals surface area contributed by atoms with E-state index in [4.69, 9.17) is 14.2 Å². The third kappa shape index (κ3) is 6.45. The van der Waals surface area contributed by atoms with Crippen molar-refractivity contribution < 1.29 is 14.2 Å². The number of ether oxygens (including phenoxy) is 3. The molecule has 0 amide bonds.